The molecule has 3 aromatic heterocycles. The number of alkyl halides is 3. The van der Waals surface area contributed by atoms with Gasteiger partial charge in [-0.25, -0.2) is 4.98 Å². The topological polar surface area (TPSA) is 23.8 Å². The van der Waals surface area contributed by atoms with Crippen LogP contribution in [0.3, 0.4) is 0 Å². The average molecular weight is 479 g/mol. The van der Waals surface area contributed by atoms with Gasteiger partial charge >= 0.3 is 6.18 Å². The summed E-state index contributed by atoms with van der Waals surface area (Å²) in [7, 11) is 0. The van der Waals surface area contributed by atoms with Crippen molar-refractivity contribution < 1.29 is 13.2 Å². The predicted molar refractivity (Wildman–Crippen MR) is 127 cm³/mol. The molecule has 33 heavy (non-hydrogen) atoms. The maximum absolute atomic E-state index is 12.8. The molecule has 0 bridgehead atoms. The van der Waals surface area contributed by atoms with Crippen molar-refractivity contribution in [2.45, 2.75) is 45.8 Å². The Morgan fingerprint density at radius 2 is 1.76 bits per heavy atom. The Morgan fingerprint density at radius 1 is 1.06 bits per heavy atom. The van der Waals surface area contributed by atoms with E-state index in [1.54, 1.807) is 6.20 Å². The molecule has 4 nitrogen and oxygen atoms in total. The number of rotatable bonds is 5. The third-order valence-electron chi connectivity index (χ3n) is 6.62. The van der Waals surface area contributed by atoms with E-state index in [1.807, 2.05) is 12.1 Å². The molecule has 0 aromatic carbocycles. The second kappa shape index (κ2) is 9.28. The molecule has 1 atom stereocenters. The third kappa shape index (κ3) is 5.05. The molecule has 0 saturated carbocycles. The summed E-state index contributed by atoms with van der Waals surface area (Å²) in [4.78, 5) is 7.91. The molecule has 0 N–H and O–H groups in total. The Bertz CT molecular complexity index is 1130. The Morgan fingerprint density at radius 3 is 2.36 bits per heavy atom. The largest absolute Gasteiger partial charge is 0.401 e. The van der Waals surface area contributed by atoms with Gasteiger partial charge in [-0.05, 0) is 54.7 Å². The monoisotopic (exact) mass is 478 g/mol. The molecule has 1 fully saturated rings. The van der Waals surface area contributed by atoms with E-state index in [0.717, 1.165) is 22.2 Å². The Balaban J connectivity index is 1.72. The smallest absolute Gasteiger partial charge is 0.318 e. The highest BCUT2D eigenvalue weighted by Gasteiger charge is 2.33. The summed E-state index contributed by atoms with van der Waals surface area (Å²) in [6.45, 7) is 9.83. The normalized spacial score (nSPS) is 17.2. The lowest BCUT2D eigenvalue weighted by molar-refractivity contribution is -0.149. The SMILES string of the molecule is Cc1ccc2c(-c3ccnc(Cl)c3)c(C(C)C)cn2c1C(C)N1CCN(CC(F)(F)F)CC1. The predicted octanol–water partition coefficient (Wildman–Crippen LogP) is 6.33. The molecule has 0 aliphatic carbocycles. The quantitative estimate of drug-likeness (QED) is 0.400. The number of aromatic nitrogens is 2. The fourth-order valence-corrected chi connectivity index (χ4v) is 5.13. The van der Waals surface area contributed by atoms with Crippen molar-refractivity contribution in [1.82, 2.24) is 19.2 Å². The molecular weight excluding hydrogens is 449 g/mol. The van der Waals surface area contributed by atoms with Crippen LogP contribution >= 0.6 is 11.6 Å². The van der Waals surface area contributed by atoms with E-state index >= 15 is 0 Å². The molecule has 178 valence electrons. The van der Waals surface area contributed by atoms with Crippen molar-refractivity contribution in [2.24, 2.45) is 0 Å². The van der Waals surface area contributed by atoms with Crippen LogP contribution in [0.25, 0.3) is 16.6 Å². The molecule has 1 saturated heterocycles. The van der Waals surface area contributed by atoms with Crippen molar-refractivity contribution in [3.8, 4) is 11.1 Å². The van der Waals surface area contributed by atoms with Gasteiger partial charge in [0.2, 0.25) is 0 Å². The molecule has 1 unspecified atom stereocenters. The summed E-state index contributed by atoms with van der Waals surface area (Å²) < 4.78 is 40.6. The highest BCUT2D eigenvalue weighted by molar-refractivity contribution is 6.29. The van der Waals surface area contributed by atoms with E-state index < -0.39 is 12.7 Å². The van der Waals surface area contributed by atoms with E-state index in [-0.39, 0.29) is 6.04 Å². The Labute approximate surface area is 198 Å². The lowest BCUT2D eigenvalue weighted by Gasteiger charge is -2.38. The van der Waals surface area contributed by atoms with Gasteiger partial charge in [0.25, 0.3) is 0 Å². The van der Waals surface area contributed by atoms with Crippen LogP contribution in [0.15, 0.2) is 36.7 Å². The van der Waals surface area contributed by atoms with Gasteiger partial charge in [0.15, 0.2) is 0 Å². The van der Waals surface area contributed by atoms with Gasteiger partial charge in [0.05, 0.1) is 12.1 Å². The first kappa shape index (κ1) is 24.0. The molecule has 3 aromatic rings. The first-order chi connectivity index (χ1) is 15.5. The summed E-state index contributed by atoms with van der Waals surface area (Å²) in [6.07, 6.45) is -0.216. The molecule has 0 radical (unpaired) electrons. The van der Waals surface area contributed by atoms with Gasteiger partial charge in [-0.15, -0.1) is 0 Å². The number of nitrogens with zero attached hydrogens (tertiary/aromatic N) is 4. The van der Waals surface area contributed by atoms with Crippen LogP contribution in [0.5, 0.6) is 0 Å². The molecule has 4 heterocycles. The second-order valence-corrected chi connectivity index (χ2v) is 9.63. The van der Waals surface area contributed by atoms with Crippen LogP contribution in [0, 0.1) is 6.92 Å². The van der Waals surface area contributed by atoms with E-state index in [4.69, 9.17) is 11.6 Å². The Hall–Kier alpha value is -2.09. The minimum absolute atomic E-state index is 0.0722. The van der Waals surface area contributed by atoms with Crippen LogP contribution in [0.2, 0.25) is 5.15 Å². The molecule has 0 amide bonds. The van der Waals surface area contributed by atoms with E-state index in [0.29, 0.717) is 37.3 Å². The number of pyridine rings is 2. The summed E-state index contributed by atoms with van der Waals surface area (Å²) in [6, 6.07) is 8.23. The van der Waals surface area contributed by atoms with Crippen LogP contribution in [-0.4, -0.2) is 58.1 Å². The number of halogens is 4. The Kier molecular flexibility index (Phi) is 6.76. The standard InChI is InChI=1S/C25H30ClF3N4/c1-16(2)20-14-33-21(23(20)19-7-8-30-22(26)13-19)6-5-17(3)24(33)18(4)32-11-9-31(10-12-32)15-25(27,28)29/h5-8,13-14,16,18H,9-12,15H2,1-4H3. The van der Waals surface area contributed by atoms with Gasteiger partial charge in [-0.3, -0.25) is 9.80 Å². The number of hydrogen-bond donors (Lipinski definition) is 0. The zero-order chi connectivity index (χ0) is 23.9. The number of aryl methyl sites for hydroxylation is 1. The van der Waals surface area contributed by atoms with Gasteiger partial charge in [-0.2, -0.15) is 13.2 Å². The van der Waals surface area contributed by atoms with E-state index in [9.17, 15) is 13.2 Å². The van der Waals surface area contributed by atoms with Crippen LogP contribution in [-0.2, 0) is 0 Å². The van der Waals surface area contributed by atoms with E-state index in [1.165, 1.54) is 16.2 Å². The van der Waals surface area contributed by atoms with Gasteiger partial charge in [0, 0.05) is 55.9 Å². The van der Waals surface area contributed by atoms with Gasteiger partial charge in [0.1, 0.15) is 5.15 Å². The molecule has 8 heteroatoms. The lowest BCUT2D eigenvalue weighted by Crippen LogP contribution is -2.49. The third-order valence-corrected chi connectivity index (χ3v) is 6.82. The maximum Gasteiger partial charge on any atom is 0.401 e. The minimum atomic E-state index is -4.15. The zero-order valence-corrected chi connectivity index (χ0v) is 20.2. The highest BCUT2D eigenvalue weighted by Crippen LogP contribution is 2.38. The lowest BCUT2D eigenvalue weighted by atomic mass is 9.96. The van der Waals surface area contributed by atoms with Crippen molar-refractivity contribution in [3.05, 3.63) is 58.6 Å². The van der Waals surface area contributed by atoms with Crippen LogP contribution in [0.1, 0.15) is 49.6 Å². The average Bonchev–Trinajstić information content (AvgIpc) is 3.12. The second-order valence-electron chi connectivity index (χ2n) is 9.24. The summed E-state index contributed by atoms with van der Waals surface area (Å²) in [5.74, 6) is 0.307. The number of hydrogen-bond acceptors (Lipinski definition) is 3. The van der Waals surface area contributed by atoms with Crippen molar-refractivity contribution in [1.29, 1.82) is 0 Å². The maximum atomic E-state index is 12.8. The number of fused-ring (bicyclic) bond motifs is 1. The fourth-order valence-electron chi connectivity index (χ4n) is 4.96. The summed E-state index contributed by atoms with van der Waals surface area (Å²) in [5.41, 5.74) is 6.85. The minimum Gasteiger partial charge on any atom is -0.318 e. The molecule has 0 spiro atoms. The van der Waals surface area contributed by atoms with E-state index in [2.05, 4.69) is 60.3 Å². The van der Waals surface area contributed by atoms with Crippen molar-refractivity contribution >= 4 is 17.1 Å². The first-order valence-electron chi connectivity index (χ1n) is 11.3. The molecule has 4 rings (SSSR count). The first-order valence-corrected chi connectivity index (χ1v) is 11.7. The zero-order valence-electron chi connectivity index (χ0n) is 19.5. The molecule has 1 aliphatic rings. The summed E-state index contributed by atoms with van der Waals surface area (Å²) >= 11 is 6.21. The van der Waals surface area contributed by atoms with Crippen molar-refractivity contribution in [2.75, 3.05) is 32.7 Å². The van der Waals surface area contributed by atoms with Crippen LogP contribution in [0.4, 0.5) is 13.2 Å². The molecular formula is C25H30ClF3N4. The fraction of sp³-hybridized carbons (Fsp3) is 0.480. The highest BCUT2D eigenvalue weighted by atomic mass is 35.5. The van der Waals surface area contributed by atoms with Crippen molar-refractivity contribution in [3.63, 3.8) is 0 Å². The van der Waals surface area contributed by atoms with Gasteiger partial charge in [-0.1, -0.05) is 31.5 Å². The molecule has 1 aliphatic heterocycles. The van der Waals surface area contributed by atoms with Crippen LogP contribution < -0.4 is 0 Å². The number of piperazine rings is 1. The summed E-state index contributed by atoms with van der Waals surface area (Å²) in [5, 5.41) is 0.457. The van der Waals surface area contributed by atoms with Gasteiger partial charge < -0.3 is 4.40 Å².